The molecule has 0 radical (unpaired) electrons. The lowest BCUT2D eigenvalue weighted by Gasteiger charge is -2.32. The number of hydrogen-bond acceptors (Lipinski definition) is 4. The quantitative estimate of drug-likeness (QED) is 0.760. The maximum atomic E-state index is 6.03. The smallest absolute Gasteiger partial charge is 0.399 e. The summed E-state index contributed by atoms with van der Waals surface area (Å²) < 4.78 is 12.1. The standard InChI is InChI=1S/C14H23BN2O2/c1-10-8-11(9-16-12(10)17(6)7)15-18-13(2,3)14(4,5)19-15/h8-9H,1-7H3. The first-order valence-corrected chi connectivity index (χ1v) is 6.63. The van der Waals surface area contributed by atoms with Crippen LogP contribution in [0.3, 0.4) is 0 Å². The van der Waals surface area contributed by atoms with Gasteiger partial charge in [0.05, 0.1) is 11.2 Å². The van der Waals surface area contributed by atoms with E-state index in [1.807, 2.05) is 25.2 Å². The lowest BCUT2D eigenvalue weighted by atomic mass is 9.80. The van der Waals surface area contributed by atoms with Gasteiger partial charge in [-0.2, -0.15) is 0 Å². The highest BCUT2D eigenvalue weighted by Gasteiger charge is 2.51. The van der Waals surface area contributed by atoms with Gasteiger partial charge in [-0.3, -0.25) is 0 Å². The Kier molecular flexibility index (Phi) is 3.39. The summed E-state index contributed by atoms with van der Waals surface area (Å²) in [5, 5.41) is 0. The van der Waals surface area contributed by atoms with Crippen LogP contribution in [0.5, 0.6) is 0 Å². The summed E-state index contributed by atoms with van der Waals surface area (Å²) in [6.07, 6.45) is 1.84. The first-order chi connectivity index (χ1) is 8.64. The molecule has 0 spiro atoms. The van der Waals surface area contributed by atoms with Gasteiger partial charge in [0.2, 0.25) is 0 Å². The summed E-state index contributed by atoms with van der Waals surface area (Å²) in [6.45, 7) is 10.3. The summed E-state index contributed by atoms with van der Waals surface area (Å²) in [6, 6.07) is 2.09. The topological polar surface area (TPSA) is 34.6 Å². The molecule has 0 aliphatic carbocycles. The van der Waals surface area contributed by atoms with E-state index in [2.05, 4.69) is 45.7 Å². The van der Waals surface area contributed by atoms with E-state index in [0.29, 0.717) is 0 Å². The minimum Gasteiger partial charge on any atom is -0.399 e. The van der Waals surface area contributed by atoms with Crippen molar-refractivity contribution in [2.75, 3.05) is 19.0 Å². The third-order valence-corrected chi connectivity index (χ3v) is 4.02. The Morgan fingerprint density at radius 1 is 1.11 bits per heavy atom. The van der Waals surface area contributed by atoms with Crippen molar-refractivity contribution >= 4 is 18.4 Å². The van der Waals surface area contributed by atoms with Gasteiger partial charge in [0, 0.05) is 25.8 Å². The summed E-state index contributed by atoms with van der Waals surface area (Å²) in [4.78, 5) is 6.49. The van der Waals surface area contributed by atoms with Gasteiger partial charge in [-0.25, -0.2) is 4.98 Å². The Morgan fingerprint density at radius 2 is 1.63 bits per heavy atom. The fourth-order valence-electron chi connectivity index (χ4n) is 2.17. The van der Waals surface area contributed by atoms with Crippen molar-refractivity contribution in [1.29, 1.82) is 0 Å². The zero-order valence-corrected chi connectivity index (χ0v) is 12.9. The molecule has 1 aliphatic heterocycles. The summed E-state index contributed by atoms with van der Waals surface area (Å²) in [7, 11) is 3.64. The molecule has 0 aromatic carbocycles. The van der Waals surface area contributed by atoms with E-state index in [4.69, 9.17) is 9.31 Å². The Bertz CT molecular complexity index is 470. The zero-order valence-electron chi connectivity index (χ0n) is 12.9. The van der Waals surface area contributed by atoms with Gasteiger partial charge < -0.3 is 14.2 Å². The minimum atomic E-state index is -0.340. The van der Waals surface area contributed by atoms with Crippen LogP contribution >= 0.6 is 0 Å². The lowest BCUT2D eigenvalue weighted by Crippen LogP contribution is -2.41. The van der Waals surface area contributed by atoms with E-state index in [9.17, 15) is 0 Å². The van der Waals surface area contributed by atoms with Crippen molar-refractivity contribution in [3.05, 3.63) is 17.8 Å². The Hall–Kier alpha value is -1.07. The van der Waals surface area contributed by atoms with Crippen LogP contribution in [0, 0.1) is 6.92 Å². The number of aryl methyl sites for hydroxylation is 1. The molecule has 1 aromatic rings. The first-order valence-electron chi connectivity index (χ1n) is 6.63. The Labute approximate surface area is 116 Å². The van der Waals surface area contributed by atoms with Crippen LogP contribution in [-0.2, 0) is 9.31 Å². The summed E-state index contributed by atoms with van der Waals surface area (Å²) in [5.41, 5.74) is 1.47. The normalized spacial score (nSPS) is 20.7. The lowest BCUT2D eigenvalue weighted by molar-refractivity contribution is 0.00578. The van der Waals surface area contributed by atoms with Gasteiger partial charge in [-0.15, -0.1) is 0 Å². The largest absolute Gasteiger partial charge is 0.496 e. The first kappa shape index (κ1) is 14.3. The molecule has 2 heterocycles. The Balaban J connectivity index is 2.28. The molecule has 0 N–H and O–H groups in total. The van der Waals surface area contributed by atoms with E-state index in [1.54, 1.807) is 0 Å². The second kappa shape index (κ2) is 4.49. The molecule has 2 rings (SSSR count). The second-order valence-electron chi connectivity index (χ2n) is 6.39. The second-order valence-corrected chi connectivity index (χ2v) is 6.39. The number of pyridine rings is 1. The third kappa shape index (κ3) is 2.49. The fourth-order valence-corrected chi connectivity index (χ4v) is 2.17. The molecule has 0 unspecified atom stereocenters. The van der Waals surface area contributed by atoms with Crippen LogP contribution in [0.25, 0.3) is 0 Å². The molecular weight excluding hydrogens is 239 g/mol. The van der Waals surface area contributed by atoms with Gasteiger partial charge in [-0.1, -0.05) is 6.07 Å². The van der Waals surface area contributed by atoms with Crippen LogP contribution in [0.2, 0.25) is 0 Å². The predicted molar refractivity (Wildman–Crippen MR) is 79.0 cm³/mol. The Morgan fingerprint density at radius 3 is 2.05 bits per heavy atom. The van der Waals surface area contributed by atoms with Crippen molar-refractivity contribution in [2.24, 2.45) is 0 Å². The summed E-state index contributed by atoms with van der Waals surface area (Å²) in [5.74, 6) is 0.972. The molecule has 0 amide bonds. The van der Waals surface area contributed by atoms with Crippen LogP contribution in [0.4, 0.5) is 5.82 Å². The molecule has 0 saturated carbocycles. The molecule has 5 heteroatoms. The van der Waals surface area contributed by atoms with Crippen LogP contribution in [0.15, 0.2) is 12.3 Å². The molecule has 0 bridgehead atoms. The minimum absolute atomic E-state index is 0.314. The average Bonchev–Trinajstić information content (AvgIpc) is 2.47. The molecular formula is C14H23BN2O2. The average molecular weight is 262 g/mol. The summed E-state index contributed by atoms with van der Waals surface area (Å²) >= 11 is 0. The van der Waals surface area contributed by atoms with Crippen LogP contribution < -0.4 is 10.4 Å². The number of nitrogens with zero attached hydrogens (tertiary/aromatic N) is 2. The van der Waals surface area contributed by atoms with Crippen molar-refractivity contribution in [3.8, 4) is 0 Å². The number of aromatic nitrogens is 1. The highest BCUT2D eigenvalue weighted by molar-refractivity contribution is 6.62. The molecule has 1 aliphatic rings. The van der Waals surface area contributed by atoms with Crippen molar-refractivity contribution in [1.82, 2.24) is 4.98 Å². The van der Waals surface area contributed by atoms with Gasteiger partial charge in [0.1, 0.15) is 5.82 Å². The highest BCUT2D eigenvalue weighted by Crippen LogP contribution is 2.36. The van der Waals surface area contributed by atoms with E-state index in [0.717, 1.165) is 16.8 Å². The molecule has 19 heavy (non-hydrogen) atoms. The van der Waals surface area contributed by atoms with Crippen LogP contribution in [0.1, 0.15) is 33.3 Å². The van der Waals surface area contributed by atoms with Gasteiger partial charge in [0.15, 0.2) is 0 Å². The van der Waals surface area contributed by atoms with E-state index in [1.165, 1.54) is 0 Å². The van der Waals surface area contributed by atoms with Gasteiger partial charge in [-0.05, 0) is 40.2 Å². The maximum Gasteiger partial charge on any atom is 0.496 e. The monoisotopic (exact) mass is 262 g/mol. The van der Waals surface area contributed by atoms with Crippen molar-refractivity contribution < 1.29 is 9.31 Å². The highest BCUT2D eigenvalue weighted by atomic mass is 16.7. The third-order valence-electron chi connectivity index (χ3n) is 4.02. The number of hydrogen-bond donors (Lipinski definition) is 0. The van der Waals surface area contributed by atoms with Gasteiger partial charge in [0.25, 0.3) is 0 Å². The van der Waals surface area contributed by atoms with E-state index in [-0.39, 0.29) is 18.3 Å². The molecule has 0 atom stereocenters. The fraction of sp³-hybridized carbons (Fsp3) is 0.643. The molecule has 4 nitrogen and oxygen atoms in total. The predicted octanol–water partition coefficient (Wildman–Crippen LogP) is 1.76. The van der Waals surface area contributed by atoms with E-state index >= 15 is 0 Å². The molecule has 1 aromatic heterocycles. The van der Waals surface area contributed by atoms with Crippen LogP contribution in [-0.4, -0.2) is 37.4 Å². The van der Waals surface area contributed by atoms with Crippen molar-refractivity contribution in [3.63, 3.8) is 0 Å². The molecule has 1 saturated heterocycles. The molecule has 1 fully saturated rings. The van der Waals surface area contributed by atoms with Gasteiger partial charge >= 0.3 is 7.12 Å². The van der Waals surface area contributed by atoms with Crippen molar-refractivity contribution in [2.45, 2.75) is 45.8 Å². The number of rotatable bonds is 2. The van der Waals surface area contributed by atoms with E-state index < -0.39 is 0 Å². The maximum absolute atomic E-state index is 6.03. The SMILES string of the molecule is Cc1cc(B2OC(C)(C)C(C)(C)O2)cnc1N(C)C. The number of anilines is 1. The zero-order chi connectivity index (χ0) is 14.4. The molecule has 104 valence electrons.